The average molecular weight is 232 g/mol. The highest BCUT2D eigenvalue weighted by atomic mass is 19.4. The quantitative estimate of drug-likeness (QED) is 0.548. The van der Waals surface area contributed by atoms with Crippen molar-refractivity contribution in [1.29, 1.82) is 0 Å². The highest BCUT2D eigenvalue weighted by Gasteiger charge is 2.77. The molecule has 0 saturated heterocycles. The maximum absolute atomic E-state index is 11.9. The molecule has 0 aromatic heterocycles. The molecule has 0 saturated carbocycles. The number of hydrogen-bond acceptors (Lipinski definition) is 2. The molecule has 0 fully saturated rings. The molecule has 0 aromatic carbocycles. The summed E-state index contributed by atoms with van der Waals surface area (Å²) in [6.07, 6.45) is -6.31. The number of rotatable bonds is 4. The molecule has 0 bridgehead atoms. The van der Waals surface area contributed by atoms with Gasteiger partial charge in [0.05, 0.1) is 0 Å². The first-order valence-electron chi connectivity index (χ1n) is 2.64. The number of carbonyl (C=O) groups is 1. The van der Waals surface area contributed by atoms with Crippen molar-refractivity contribution in [2.24, 2.45) is 0 Å². The van der Waals surface area contributed by atoms with Crippen molar-refractivity contribution in [2.75, 3.05) is 0 Å². The van der Waals surface area contributed by atoms with Gasteiger partial charge in [-0.2, -0.15) is 30.7 Å². The zero-order valence-electron chi connectivity index (χ0n) is 5.84. The van der Waals surface area contributed by atoms with E-state index < -0.39 is 24.0 Å². The molecule has 84 valence electrons. The molecule has 0 aliphatic heterocycles. The van der Waals surface area contributed by atoms with Crippen LogP contribution in [0.15, 0.2) is 0 Å². The van der Waals surface area contributed by atoms with Gasteiger partial charge in [-0.05, 0) is 4.53 Å². The molecule has 2 nitrogen and oxygen atoms in total. The fraction of sp³-hybridized carbons (Fsp3) is 0.750. The van der Waals surface area contributed by atoms with Gasteiger partial charge in [-0.3, -0.25) is 4.79 Å². The van der Waals surface area contributed by atoms with E-state index in [0.717, 1.165) is 0 Å². The first-order valence-corrected chi connectivity index (χ1v) is 2.64. The lowest BCUT2D eigenvalue weighted by molar-refractivity contribution is -0.449. The van der Waals surface area contributed by atoms with E-state index in [1.807, 2.05) is 0 Å². The second-order valence-corrected chi connectivity index (χ2v) is 2.02. The predicted molar refractivity (Wildman–Crippen MR) is 23.1 cm³/mol. The summed E-state index contributed by atoms with van der Waals surface area (Å²) in [5.74, 6) is -13.0. The molecule has 0 radical (unpaired) electrons. The summed E-state index contributed by atoms with van der Waals surface area (Å²) in [5, 5.41) is 0. The van der Waals surface area contributed by atoms with E-state index in [0.29, 0.717) is 0 Å². The van der Waals surface area contributed by atoms with Gasteiger partial charge in [0.2, 0.25) is 0 Å². The molecule has 0 atom stereocenters. The summed E-state index contributed by atoms with van der Waals surface area (Å²) in [6, 6.07) is -4.03. The Hall–Kier alpha value is -0.930. The molecule has 0 spiro atoms. The minimum absolute atomic E-state index is 1.26. The molecule has 0 rings (SSSR count). The molecule has 0 heterocycles. The Morgan fingerprint density at radius 3 is 1.57 bits per heavy atom. The van der Waals surface area contributed by atoms with Gasteiger partial charge in [0.25, 0.3) is 0 Å². The van der Waals surface area contributed by atoms with Crippen LogP contribution in [0.3, 0.4) is 0 Å². The van der Waals surface area contributed by atoms with E-state index in [1.165, 1.54) is 4.94 Å². The van der Waals surface area contributed by atoms with Crippen molar-refractivity contribution < 1.29 is 45.0 Å². The Labute approximate surface area is 70.3 Å². The smallest absolute Gasteiger partial charge is 0.254 e. The van der Waals surface area contributed by atoms with E-state index >= 15 is 0 Å². The molecule has 0 unspecified atom stereocenters. The lowest BCUT2D eigenvalue weighted by Crippen LogP contribution is -2.57. The van der Waals surface area contributed by atoms with E-state index in [9.17, 15) is 40.1 Å². The summed E-state index contributed by atoms with van der Waals surface area (Å²) in [4.78, 5) is 10.5. The third kappa shape index (κ3) is 1.65. The average Bonchev–Trinajstić information content (AvgIpc) is 2.03. The summed E-state index contributed by atoms with van der Waals surface area (Å²) >= 11 is 0. The Kier molecular flexibility index (Phi) is 3.11. The van der Waals surface area contributed by atoms with Crippen LogP contribution < -0.4 is 0 Å². The molecule has 14 heavy (non-hydrogen) atoms. The summed E-state index contributed by atoms with van der Waals surface area (Å²) < 4.78 is 92.7. The van der Waals surface area contributed by atoms with Crippen LogP contribution in [0.5, 0.6) is 0 Å². The molecular weight excluding hydrogens is 232 g/mol. The number of carbonyl (C=O) groups excluding carboxylic acids is 1. The molecule has 0 amide bonds. The molecular formula is C4F8O2. The second-order valence-electron chi connectivity index (χ2n) is 2.02. The third-order valence-corrected chi connectivity index (χ3v) is 1.10. The lowest BCUT2D eigenvalue weighted by atomic mass is 10.1. The minimum Gasteiger partial charge on any atom is -0.254 e. The topological polar surface area (TPSA) is 26.3 Å². The largest absolute Gasteiger partial charge is 0.456 e. The van der Waals surface area contributed by atoms with E-state index in [-0.39, 0.29) is 0 Å². The van der Waals surface area contributed by atoms with Crippen LogP contribution >= 0.6 is 0 Å². The highest BCUT2D eigenvalue weighted by molar-refractivity contribution is 5.77. The Balaban J connectivity index is 5.24. The van der Waals surface area contributed by atoms with Gasteiger partial charge < -0.3 is 0 Å². The number of alkyl halides is 6. The van der Waals surface area contributed by atoms with Gasteiger partial charge in [0, 0.05) is 0 Å². The van der Waals surface area contributed by atoms with Crippen molar-refractivity contribution in [3.05, 3.63) is 0 Å². The zero-order valence-corrected chi connectivity index (χ0v) is 5.84. The third-order valence-electron chi connectivity index (χ3n) is 1.10. The SMILES string of the molecule is O=C(F)C(F)(F)C(F)(F)C(F)(F)OF. The van der Waals surface area contributed by atoms with Crippen molar-refractivity contribution in [1.82, 2.24) is 0 Å². The van der Waals surface area contributed by atoms with Gasteiger partial charge in [-0.1, -0.05) is 0 Å². The van der Waals surface area contributed by atoms with Crippen LogP contribution in [-0.2, 0) is 9.74 Å². The Morgan fingerprint density at radius 2 is 1.36 bits per heavy atom. The van der Waals surface area contributed by atoms with Gasteiger partial charge in [-0.25, -0.2) is 0 Å². The standard InChI is InChI=1S/C4F8O2/c5-1(13)2(6,7)3(8,9)4(10,11)14-12. The van der Waals surface area contributed by atoms with E-state index in [4.69, 9.17) is 0 Å². The van der Waals surface area contributed by atoms with Crippen molar-refractivity contribution in [2.45, 2.75) is 18.0 Å². The van der Waals surface area contributed by atoms with Gasteiger partial charge in [-0.15, -0.1) is 4.94 Å². The summed E-state index contributed by atoms with van der Waals surface area (Å²) in [5.41, 5.74) is 0. The molecule has 0 aromatic rings. The van der Waals surface area contributed by atoms with Gasteiger partial charge in [0.15, 0.2) is 0 Å². The highest BCUT2D eigenvalue weighted by Crippen LogP contribution is 2.46. The Morgan fingerprint density at radius 1 is 1.00 bits per heavy atom. The predicted octanol–water partition coefficient (Wildman–Crippen LogP) is 2.25. The van der Waals surface area contributed by atoms with Crippen LogP contribution in [-0.4, -0.2) is 24.0 Å². The van der Waals surface area contributed by atoms with Crippen LogP contribution in [0.1, 0.15) is 0 Å². The van der Waals surface area contributed by atoms with Crippen molar-refractivity contribution in [3.8, 4) is 0 Å². The maximum atomic E-state index is 11.9. The summed E-state index contributed by atoms with van der Waals surface area (Å²) in [7, 11) is 0. The van der Waals surface area contributed by atoms with Crippen LogP contribution in [0.2, 0.25) is 0 Å². The fourth-order valence-corrected chi connectivity index (χ4v) is 0.355. The van der Waals surface area contributed by atoms with Crippen LogP contribution in [0.4, 0.5) is 35.3 Å². The van der Waals surface area contributed by atoms with Crippen molar-refractivity contribution >= 4 is 6.04 Å². The first kappa shape index (κ1) is 13.1. The van der Waals surface area contributed by atoms with Crippen LogP contribution in [0, 0.1) is 0 Å². The Bertz CT molecular complexity index is 235. The molecule has 10 heteroatoms. The molecule has 0 aliphatic rings. The van der Waals surface area contributed by atoms with Gasteiger partial charge >= 0.3 is 24.0 Å². The zero-order chi connectivity index (χ0) is 11.8. The minimum atomic E-state index is -6.62. The van der Waals surface area contributed by atoms with Crippen molar-refractivity contribution in [3.63, 3.8) is 0 Å². The molecule has 0 N–H and O–H groups in total. The lowest BCUT2D eigenvalue weighted by Gasteiger charge is -2.26. The second kappa shape index (κ2) is 3.33. The fourth-order valence-electron chi connectivity index (χ4n) is 0.355. The van der Waals surface area contributed by atoms with Crippen LogP contribution in [0.25, 0.3) is 0 Å². The maximum Gasteiger partial charge on any atom is 0.456 e. The normalized spacial score (nSPS) is 14.3. The monoisotopic (exact) mass is 232 g/mol. The number of hydrogen-bond donors (Lipinski definition) is 0. The summed E-state index contributed by atoms with van der Waals surface area (Å²) in [6.45, 7) is 0. The van der Waals surface area contributed by atoms with E-state index in [2.05, 4.69) is 0 Å². The number of halogens is 8. The van der Waals surface area contributed by atoms with Gasteiger partial charge in [0.1, 0.15) is 0 Å². The van der Waals surface area contributed by atoms with E-state index in [1.54, 1.807) is 0 Å². The molecule has 0 aliphatic carbocycles. The first-order chi connectivity index (χ1) is 6.00.